The third kappa shape index (κ3) is 1.59. The van der Waals surface area contributed by atoms with Gasteiger partial charge in [0.25, 0.3) is 5.91 Å². The second-order valence-electron chi connectivity index (χ2n) is 3.74. The summed E-state index contributed by atoms with van der Waals surface area (Å²) in [4.78, 5) is 17.7. The lowest BCUT2D eigenvalue weighted by molar-refractivity contribution is -0.125. The number of aliphatic imine (C=N–C) groups is 1. The molecule has 0 N–H and O–H groups in total. The smallest absolute Gasteiger partial charge is 0.250 e. The molecule has 2 unspecified atom stereocenters. The minimum absolute atomic E-state index is 0.0853. The summed E-state index contributed by atoms with van der Waals surface area (Å²) in [6, 6.07) is 0. The van der Waals surface area contributed by atoms with Crippen LogP contribution in [-0.4, -0.2) is 36.5 Å². The van der Waals surface area contributed by atoms with Crippen molar-refractivity contribution in [1.82, 2.24) is 4.90 Å². The molecule has 0 aromatic carbocycles. The summed E-state index contributed by atoms with van der Waals surface area (Å²) in [6.45, 7) is 0. The highest BCUT2D eigenvalue weighted by Crippen LogP contribution is 2.40. The Kier molecular flexibility index (Phi) is 2.63. The molecule has 0 bridgehead atoms. The van der Waals surface area contributed by atoms with E-state index in [9.17, 15) is 4.79 Å². The third-order valence-corrected chi connectivity index (χ3v) is 3.53. The highest BCUT2D eigenvalue weighted by atomic mass is 32.2. The lowest BCUT2D eigenvalue weighted by Gasteiger charge is -2.22. The summed E-state index contributed by atoms with van der Waals surface area (Å²) >= 11 is 1.55. The van der Waals surface area contributed by atoms with Crippen molar-refractivity contribution in [3.8, 4) is 0 Å². The molecule has 2 rings (SSSR count). The molecule has 0 aromatic rings. The highest BCUT2D eigenvalue weighted by molar-refractivity contribution is 8.01. The summed E-state index contributed by atoms with van der Waals surface area (Å²) < 4.78 is 0. The molecule has 0 aromatic heterocycles. The van der Waals surface area contributed by atoms with Gasteiger partial charge in [-0.25, -0.2) is 0 Å². The minimum atomic E-state index is 0.0853. The number of hydrogen-bond acceptors (Lipinski definition) is 3. The monoisotopic (exact) mass is 209 g/mol. The maximum atomic E-state index is 11.8. The van der Waals surface area contributed by atoms with Crippen molar-refractivity contribution < 1.29 is 4.79 Å². The van der Waals surface area contributed by atoms with Crippen LogP contribution in [0.15, 0.2) is 10.6 Å². The van der Waals surface area contributed by atoms with Crippen LogP contribution in [0.1, 0.15) is 12.8 Å². The number of fused-ring (bicyclic) bond motifs is 1. The molecule has 2 aliphatic heterocycles. The Bertz CT molecular complexity index is 309. The normalized spacial score (nSPS) is 29.7. The van der Waals surface area contributed by atoms with Crippen LogP contribution in [0.3, 0.4) is 0 Å². The molecule has 4 heteroatoms. The van der Waals surface area contributed by atoms with Gasteiger partial charge in [-0.05, 0) is 12.8 Å². The molecular formula is C10H13N2OS. The molecule has 0 fully saturated rings. The van der Waals surface area contributed by atoms with E-state index in [1.807, 2.05) is 6.21 Å². The number of hydrogen-bond donors (Lipinski definition) is 0. The van der Waals surface area contributed by atoms with Gasteiger partial charge in [-0.3, -0.25) is 9.79 Å². The Morgan fingerprint density at radius 1 is 1.71 bits per heavy atom. The van der Waals surface area contributed by atoms with Crippen molar-refractivity contribution in [2.45, 2.75) is 18.2 Å². The second-order valence-corrected chi connectivity index (χ2v) is 4.66. The standard InChI is InChI=1S/C10H13N2OS/c1-12(2)10(13)8-6-14-9-7(8)4-3-5-11-9/h5,7,9H,3-4H2,1-2H3. The van der Waals surface area contributed by atoms with Crippen LogP contribution in [0.25, 0.3) is 0 Å². The molecule has 75 valence electrons. The molecule has 2 heterocycles. The number of amides is 1. The van der Waals surface area contributed by atoms with Crippen molar-refractivity contribution >= 4 is 23.9 Å². The Morgan fingerprint density at radius 3 is 3.21 bits per heavy atom. The van der Waals surface area contributed by atoms with Crippen molar-refractivity contribution in [1.29, 1.82) is 0 Å². The topological polar surface area (TPSA) is 32.7 Å². The van der Waals surface area contributed by atoms with E-state index in [-0.39, 0.29) is 11.3 Å². The maximum absolute atomic E-state index is 11.8. The Balaban J connectivity index is 2.15. The first-order chi connectivity index (χ1) is 6.70. The largest absolute Gasteiger partial charge is 0.345 e. The average Bonchev–Trinajstić information content (AvgIpc) is 2.60. The number of rotatable bonds is 1. The van der Waals surface area contributed by atoms with E-state index < -0.39 is 0 Å². The van der Waals surface area contributed by atoms with Gasteiger partial charge in [0.1, 0.15) is 5.37 Å². The van der Waals surface area contributed by atoms with Crippen LogP contribution >= 0.6 is 11.8 Å². The van der Waals surface area contributed by atoms with E-state index in [1.165, 1.54) is 0 Å². The van der Waals surface area contributed by atoms with Crippen molar-refractivity contribution in [3.63, 3.8) is 0 Å². The second kappa shape index (κ2) is 3.77. The molecule has 1 radical (unpaired) electrons. The number of thioether (sulfide) groups is 1. The van der Waals surface area contributed by atoms with E-state index in [2.05, 4.69) is 10.4 Å². The van der Waals surface area contributed by atoms with Crippen LogP contribution in [-0.2, 0) is 4.79 Å². The van der Waals surface area contributed by atoms with E-state index in [4.69, 9.17) is 0 Å². The van der Waals surface area contributed by atoms with E-state index in [1.54, 1.807) is 30.8 Å². The molecule has 14 heavy (non-hydrogen) atoms. The molecule has 0 spiro atoms. The fourth-order valence-corrected chi connectivity index (χ4v) is 2.79. The first-order valence-corrected chi connectivity index (χ1v) is 5.60. The fraction of sp³-hybridized carbons (Fsp3) is 0.600. The van der Waals surface area contributed by atoms with Gasteiger partial charge < -0.3 is 4.90 Å². The lowest BCUT2D eigenvalue weighted by atomic mass is 9.93. The zero-order valence-electron chi connectivity index (χ0n) is 8.36. The molecule has 2 aliphatic rings. The van der Waals surface area contributed by atoms with Crippen LogP contribution in [0.2, 0.25) is 0 Å². The average molecular weight is 209 g/mol. The van der Waals surface area contributed by atoms with Gasteiger partial charge >= 0.3 is 0 Å². The molecule has 3 nitrogen and oxygen atoms in total. The lowest BCUT2D eigenvalue weighted by Crippen LogP contribution is -2.29. The predicted molar refractivity (Wildman–Crippen MR) is 58.0 cm³/mol. The van der Waals surface area contributed by atoms with Crippen molar-refractivity contribution in [2.75, 3.05) is 14.1 Å². The number of carbonyl (C=O) groups is 1. The Labute approximate surface area is 88.3 Å². The zero-order valence-corrected chi connectivity index (χ0v) is 9.17. The number of nitrogens with zero attached hydrogens (tertiary/aromatic N) is 2. The van der Waals surface area contributed by atoms with Gasteiger partial charge in [0.15, 0.2) is 0 Å². The molecule has 0 saturated heterocycles. The van der Waals surface area contributed by atoms with Gasteiger partial charge in [-0.2, -0.15) is 0 Å². The van der Waals surface area contributed by atoms with Gasteiger partial charge in [-0.1, -0.05) is 11.8 Å². The SMILES string of the molecule is CN(C)C(=O)C1=[C]SC2N=CCCC12. The van der Waals surface area contributed by atoms with Gasteiger partial charge in [0, 0.05) is 37.2 Å². The number of carbonyl (C=O) groups excluding carboxylic acids is 1. The number of likely N-dealkylation sites (N-methyl/N-ethyl adjacent to an activating group) is 1. The highest BCUT2D eigenvalue weighted by Gasteiger charge is 2.35. The summed E-state index contributed by atoms with van der Waals surface area (Å²) in [6.07, 6.45) is 3.97. The zero-order chi connectivity index (χ0) is 10.1. The van der Waals surface area contributed by atoms with Gasteiger partial charge in [0.2, 0.25) is 0 Å². The molecule has 0 aliphatic carbocycles. The van der Waals surface area contributed by atoms with Crippen LogP contribution in [0.4, 0.5) is 0 Å². The summed E-state index contributed by atoms with van der Waals surface area (Å²) in [5.74, 6) is 0.377. The fourth-order valence-electron chi connectivity index (χ4n) is 1.72. The molecule has 2 atom stereocenters. The van der Waals surface area contributed by atoms with Crippen LogP contribution in [0.5, 0.6) is 0 Å². The van der Waals surface area contributed by atoms with Crippen molar-refractivity contribution in [3.05, 3.63) is 11.0 Å². The predicted octanol–water partition coefficient (Wildman–Crippen LogP) is 1.32. The van der Waals surface area contributed by atoms with Crippen LogP contribution < -0.4 is 0 Å². The first kappa shape index (κ1) is 9.77. The summed E-state index contributed by atoms with van der Waals surface area (Å²) in [5, 5.41) is 3.32. The Hall–Kier alpha value is -0.770. The van der Waals surface area contributed by atoms with Gasteiger partial charge in [0.05, 0.1) is 0 Å². The molecule has 1 amide bonds. The molecule has 0 saturated carbocycles. The van der Waals surface area contributed by atoms with Crippen LogP contribution in [0, 0.1) is 11.3 Å². The minimum Gasteiger partial charge on any atom is -0.345 e. The quantitative estimate of drug-likeness (QED) is 0.652. The molecular weight excluding hydrogens is 196 g/mol. The third-order valence-electron chi connectivity index (χ3n) is 2.50. The summed E-state index contributed by atoms with van der Waals surface area (Å²) in [5.41, 5.74) is 0.821. The van der Waals surface area contributed by atoms with E-state index in [0.29, 0.717) is 5.92 Å². The van der Waals surface area contributed by atoms with Gasteiger partial charge in [-0.15, -0.1) is 0 Å². The maximum Gasteiger partial charge on any atom is 0.250 e. The van der Waals surface area contributed by atoms with E-state index >= 15 is 0 Å². The first-order valence-electron chi connectivity index (χ1n) is 4.72. The summed E-state index contributed by atoms with van der Waals surface area (Å²) in [7, 11) is 3.56. The van der Waals surface area contributed by atoms with Crippen molar-refractivity contribution in [2.24, 2.45) is 10.9 Å². The van der Waals surface area contributed by atoms with E-state index in [0.717, 1.165) is 18.4 Å². The Morgan fingerprint density at radius 2 is 2.50 bits per heavy atom.